The lowest BCUT2D eigenvalue weighted by Crippen LogP contribution is -2.32. The van der Waals surface area contributed by atoms with Crippen molar-refractivity contribution in [3.8, 4) is 23.3 Å². The summed E-state index contributed by atoms with van der Waals surface area (Å²) in [7, 11) is 1.08. The number of carbonyl (C=O) groups excluding carboxylic acids is 1. The number of esters is 1. The minimum atomic E-state index is -1.40. The number of nitro benzene ring substituents is 1. The van der Waals surface area contributed by atoms with Gasteiger partial charge >= 0.3 is 11.9 Å². The summed E-state index contributed by atoms with van der Waals surface area (Å²) in [6.45, 7) is 2.38. The molecule has 0 fully saturated rings. The minimum Gasteiger partial charge on any atom is -0.508 e. The summed E-state index contributed by atoms with van der Waals surface area (Å²) in [4.78, 5) is 36.0. The maximum atomic E-state index is 12.8. The van der Waals surface area contributed by atoms with E-state index in [1.165, 1.54) is 31.2 Å². The molecule has 2 atom stereocenters. The van der Waals surface area contributed by atoms with Crippen LogP contribution in [0.15, 0.2) is 65.0 Å². The van der Waals surface area contributed by atoms with Gasteiger partial charge in [-0.25, -0.2) is 9.59 Å². The van der Waals surface area contributed by atoms with Crippen molar-refractivity contribution >= 4 is 17.6 Å². The number of phenolic OH excluding ortho intramolecular Hbond substituents is 1. The van der Waals surface area contributed by atoms with Crippen molar-refractivity contribution < 1.29 is 44.0 Å². The average molecular weight is 597 g/mol. The van der Waals surface area contributed by atoms with Gasteiger partial charge in [-0.15, -0.1) is 0 Å². The average Bonchev–Trinajstić information content (AvgIpc) is 2.98. The molecular weight excluding hydrogens is 564 g/mol. The van der Waals surface area contributed by atoms with Gasteiger partial charge in [0.25, 0.3) is 5.69 Å². The Hall–Kier alpha value is -5.13. The molecule has 2 aromatic rings. The van der Waals surface area contributed by atoms with Crippen LogP contribution in [0.25, 0.3) is 0 Å². The topological polar surface area (TPSA) is 214 Å². The van der Waals surface area contributed by atoms with Gasteiger partial charge in [-0.1, -0.05) is 6.07 Å². The van der Waals surface area contributed by atoms with E-state index in [9.17, 15) is 40.3 Å². The number of carboxylic acid groups (broad SMARTS) is 1. The Balaban J connectivity index is 1.67. The van der Waals surface area contributed by atoms with Crippen molar-refractivity contribution in [3.63, 3.8) is 0 Å². The van der Waals surface area contributed by atoms with E-state index >= 15 is 0 Å². The van der Waals surface area contributed by atoms with Crippen LogP contribution in [0.2, 0.25) is 0 Å². The second kappa shape index (κ2) is 15.2. The number of nitriles is 1. The lowest BCUT2D eigenvalue weighted by atomic mass is 9.79. The molecule has 2 aromatic carbocycles. The number of aromatic hydroxyl groups is 1. The number of non-ortho nitro benzene ring substituents is 1. The number of unbranched alkanes of at least 4 members (excludes halogenated alkanes) is 1. The van der Waals surface area contributed by atoms with Crippen molar-refractivity contribution in [2.24, 2.45) is 0 Å². The highest BCUT2D eigenvalue weighted by atomic mass is 16.6. The van der Waals surface area contributed by atoms with E-state index in [-0.39, 0.29) is 65.0 Å². The minimum absolute atomic E-state index is 0.0218. The van der Waals surface area contributed by atoms with E-state index in [0.29, 0.717) is 25.1 Å². The van der Waals surface area contributed by atoms with E-state index in [4.69, 9.17) is 14.2 Å². The Morgan fingerprint density at radius 2 is 1.95 bits per heavy atom. The number of nitrogens with zero attached hydrogens (tertiary/aromatic N) is 2. The number of hydrogen-bond acceptors (Lipinski definition) is 12. The quantitative estimate of drug-likeness (QED) is 0.0866. The molecule has 228 valence electrons. The Morgan fingerprint density at radius 1 is 1.19 bits per heavy atom. The fraction of sp³-hybridized carbons (Fsp3) is 0.345. The first-order chi connectivity index (χ1) is 20.6. The van der Waals surface area contributed by atoms with E-state index in [1.807, 2.05) is 6.07 Å². The molecule has 0 bridgehead atoms. The molecule has 2 unspecified atom stereocenters. The number of allylic oxidation sites excluding steroid dienone is 2. The number of rotatable bonds is 15. The third kappa shape index (κ3) is 8.44. The molecule has 0 radical (unpaired) electrons. The molecule has 1 aliphatic rings. The number of nitrogens with one attached hydrogen (secondary N) is 2. The van der Waals surface area contributed by atoms with E-state index in [1.54, 1.807) is 12.1 Å². The SMILES string of the molecule is COC(=O)C1=C(C#N)NC(C)=C(C(=O)O)C1c1cc([N+](=O)[O-])ccc1OCCCCNCC(O)COc1cccc(O)c1. The summed E-state index contributed by atoms with van der Waals surface area (Å²) >= 11 is 0. The molecule has 5 N–H and O–H groups in total. The first-order valence-corrected chi connectivity index (χ1v) is 13.2. The van der Waals surface area contributed by atoms with E-state index in [0.717, 1.165) is 13.2 Å². The smallest absolute Gasteiger partial charge is 0.337 e. The lowest BCUT2D eigenvalue weighted by molar-refractivity contribution is -0.384. The number of dihydropyridines is 1. The van der Waals surface area contributed by atoms with Gasteiger partial charge in [0, 0.05) is 36.0 Å². The zero-order valence-corrected chi connectivity index (χ0v) is 23.5. The predicted molar refractivity (Wildman–Crippen MR) is 151 cm³/mol. The third-order valence-electron chi connectivity index (χ3n) is 6.47. The van der Waals surface area contributed by atoms with Gasteiger partial charge in [0.05, 0.1) is 35.7 Å². The summed E-state index contributed by atoms with van der Waals surface area (Å²) < 4.78 is 16.2. The van der Waals surface area contributed by atoms with E-state index < -0.39 is 28.9 Å². The molecule has 1 aliphatic heterocycles. The third-order valence-corrected chi connectivity index (χ3v) is 6.47. The summed E-state index contributed by atoms with van der Waals surface area (Å²) in [5.41, 5.74) is -1.10. The molecule has 14 heteroatoms. The summed E-state index contributed by atoms with van der Waals surface area (Å²) in [5, 5.41) is 56.5. The fourth-order valence-electron chi connectivity index (χ4n) is 4.47. The van der Waals surface area contributed by atoms with Crippen LogP contribution in [0.1, 0.15) is 31.2 Å². The Morgan fingerprint density at radius 3 is 2.60 bits per heavy atom. The fourth-order valence-corrected chi connectivity index (χ4v) is 4.47. The molecule has 0 spiro atoms. The van der Waals surface area contributed by atoms with Crippen LogP contribution in [0.4, 0.5) is 5.69 Å². The summed E-state index contributed by atoms with van der Waals surface area (Å²) in [6.07, 6.45) is 0.359. The van der Waals surface area contributed by atoms with Gasteiger partial charge < -0.3 is 40.2 Å². The predicted octanol–water partition coefficient (Wildman–Crippen LogP) is 2.48. The maximum absolute atomic E-state index is 12.8. The van der Waals surface area contributed by atoms with Crippen molar-refractivity contribution in [1.29, 1.82) is 5.26 Å². The molecule has 0 amide bonds. The second-order valence-corrected chi connectivity index (χ2v) is 9.50. The van der Waals surface area contributed by atoms with Gasteiger partial charge in [-0.3, -0.25) is 10.1 Å². The first kappa shape index (κ1) is 32.4. The van der Waals surface area contributed by atoms with Gasteiger partial charge in [-0.05, 0) is 44.5 Å². The highest BCUT2D eigenvalue weighted by Crippen LogP contribution is 2.43. The maximum Gasteiger partial charge on any atom is 0.337 e. The van der Waals surface area contributed by atoms with Crippen LogP contribution >= 0.6 is 0 Å². The van der Waals surface area contributed by atoms with Crippen molar-refractivity contribution in [1.82, 2.24) is 10.6 Å². The molecule has 0 aliphatic carbocycles. The molecule has 43 heavy (non-hydrogen) atoms. The van der Waals surface area contributed by atoms with Gasteiger partial charge in [0.15, 0.2) is 0 Å². The largest absolute Gasteiger partial charge is 0.508 e. The standard InChI is InChI=1S/C29H32N4O10/c1-17-25(28(36)37)26(27(29(38)41-2)23(14-30)32-17)22-12-18(33(39)40)8-9-24(22)42-11-4-3-10-31-15-20(35)16-43-21-7-5-6-19(34)13-21/h5-9,12-13,20,26,31-32,34-35H,3-4,10-11,15-16H2,1-2H3,(H,36,37). The van der Waals surface area contributed by atoms with Crippen LogP contribution in [0, 0.1) is 21.4 Å². The monoisotopic (exact) mass is 596 g/mol. The number of ether oxygens (including phenoxy) is 3. The van der Waals surface area contributed by atoms with Crippen molar-refractivity contribution in [2.45, 2.75) is 31.8 Å². The van der Waals surface area contributed by atoms with E-state index in [2.05, 4.69) is 10.6 Å². The molecule has 14 nitrogen and oxygen atoms in total. The number of methoxy groups -OCH3 is 1. The van der Waals surface area contributed by atoms with Gasteiger partial charge in [0.1, 0.15) is 41.7 Å². The zero-order valence-electron chi connectivity index (χ0n) is 23.5. The van der Waals surface area contributed by atoms with Gasteiger partial charge in [-0.2, -0.15) is 5.26 Å². The summed E-state index contributed by atoms with van der Waals surface area (Å²) in [5.74, 6) is -3.16. The number of nitro groups is 1. The highest BCUT2D eigenvalue weighted by molar-refractivity contribution is 6.00. The molecule has 0 saturated carbocycles. The van der Waals surface area contributed by atoms with Crippen LogP contribution in [-0.2, 0) is 14.3 Å². The normalized spacial score (nSPS) is 15.3. The number of carbonyl (C=O) groups is 2. The molecule has 0 aromatic heterocycles. The number of benzene rings is 2. The lowest BCUT2D eigenvalue weighted by Gasteiger charge is -2.29. The Labute approximate surface area is 246 Å². The molecule has 0 saturated heterocycles. The molecular formula is C29H32N4O10. The van der Waals surface area contributed by atoms with Crippen LogP contribution < -0.4 is 20.1 Å². The second-order valence-electron chi connectivity index (χ2n) is 9.50. The summed E-state index contributed by atoms with van der Waals surface area (Å²) in [6, 6.07) is 11.7. The first-order valence-electron chi connectivity index (χ1n) is 13.2. The number of aliphatic hydroxyl groups is 1. The number of aliphatic carboxylic acids is 1. The van der Waals surface area contributed by atoms with Crippen LogP contribution in [0.5, 0.6) is 17.2 Å². The van der Waals surface area contributed by atoms with Crippen molar-refractivity contribution in [2.75, 3.05) is 33.4 Å². The Kier molecular flexibility index (Phi) is 11.4. The van der Waals surface area contributed by atoms with Gasteiger partial charge in [0.2, 0.25) is 0 Å². The molecule has 1 heterocycles. The number of hydrogen-bond donors (Lipinski definition) is 5. The zero-order chi connectivity index (χ0) is 31.5. The number of carboxylic acids is 1. The Bertz CT molecular complexity index is 1460. The van der Waals surface area contributed by atoms with Crippen LogP contribution in [0.3, 0.4) is 0 Å². The van der Waals surface area contributed by atoms with Crippen molar-refractivity contribution in [3.05, 3.63) is 80.7 Å². The number of phenols is 1. The highest BCUT2D eigenvalue weighted by Gasteiger charge is 2.40. The number of aliphatic hydroxyl groups excluding tert-OH is 1. The van der Waals surface area contributed by atoms with Crippen LogP contribution in [-0.4, -0.2) is 71.7 Å². The molecule has 3 rings (SSSR count).